The molecule has 0 unspecified atom stereocenters. The van der Waals surface area contributed by atoms with Crippen LogP contribution in [0.4, 0.5) is 23.2 Å². The van der Waals surface area contributed by atoms with Crippen molar-refractivity contribution in [2.75, 3.05) is 6.61 Å². The zero-order valence-electron chi connectivity index (χ0n) is 23.2. The minimum Gasteiger partial charge on any atom is -0.487 e. The largest absolute Gasteiger partial charge is 0.487 e. The van der Waals surface area contributed by atoms with E-state index < -0.39 is 34.6 Å². The number of carbonyl (C=O) groups is 1. The molecule has 0 aliphatic carbocycles. The lowest BCUT2D eigenvalue weighted by Crippen LogP contribution is -2.22. The molecule has 4 aromatic rings. The number of pyridine rings is 1. The van der Waals surface area contributed by atoms with Gasteiger partial charge < -0.3 is 24.1 Å². The summed E-state index contributed by atoms with van der Waals surface area (Å²) in [5.74, 6) is -1.13. The first-order chi connectivity index (χ1) is 21.2. The SMILES string of the molecule is CCOc1cc(Oc2ccc(C(F)(F)F)cc2Cl)ccc1[N+](=O)[O-].C[C@@H](Oc1ccc(Oc2ncc(Cl)cc2F)cc1)C(=O)O. The van der Waals surface area contributed by atoms with E-state index in [1.807, 2.05) is 0 Å². The molecular weight excluding hydrogens is 651 g/mol. The molecule has 0 aliphatic heterocycles. The Bertz CT molecular complexity index is 1660. The molecule has 3 aromatic carbocycles. The van der Waals surface area contributed by atoms with Crippen molar-refractivity contribution in [2.45, 2.75) is 26.1 Å². The predicted octanol–water partition coefficient (Wildman–Crippen LogP) is 8.98. The highest BCUT2D eigenvalue weighted by Gasteiger charge is 2.31. The van der Waals surface area contributed by atoms with Gasteiger partial charge in [-0.05, 0) is 68.4 Å². The second-order valence-corrected chi connectivity index (χ2v) is 9.52. The van der Waals surface area contributed by atoms with Gasteiger partial charge in [-0.3, -0.25) is 10.1 Å². The van der Waals surface area contributed by atoms with Gasteiger partial charge in [-0.1, -0.05) is 23.2 Å². The molecule has 0 spiro atoms. The van der Waals surface area contributed by atoms with Gasteiger partial charge in [0, 0.05) is 18.3 Å². The van der Waals surface area contributed by atoms with Gasteiger partial charge in [-0.15, -0.1) is 0 Å². The Morgan fingerprint density at radius 2 is 1.62 bits per heavy atom. The zero-order chi connectivity index (χ0) is 33.3. The van der Waals surface area contributed by atoms with Crippen LogP contribution in [-0.2, 0) is 11.0 Å². The summed E-state index contributed by atoms with van der Waals surface area (Å²) < 4.78 is 72.3. The van der Waals surface area contributed by atoms with E-state index in [0.717, 1.165) is 24.3 Å². The van der Waals surface area contributed by atoms with Crippen molar-refractivity contribution in [1.82, 2.24) is 4.98 Å². The Kier molecular flexibility index (Phi) is 11.8. The number of carboxylic acid groups (broad SMARTS) is 1. The van der Waals surface area contributed by atoms with E-state index in [4.69, 9.17) is 47.3 Å². The molecule has 45 heavy (non-hydrogen) atoms. The maximum absolute atomic E-state index is 13.5. The minimum absolute atomic E-state index is 0.0111. The Labute approximate surface area is 262 Å². The van der Waals surface area contributed by atoms with E-state index in [1.165, 1.54) is 55.6 Å². The second kappa shape index (κ2) is 15.3. The molecule has 0 bridgehead atoms. The number of halogens is 6. The average Bonchev–Trinajstić information content (AvgIpc) is 2.96. The van der Waals surface area contributed by atoms with Crippen LogP contribution in [0.1, 0.15) is 19.4 Å². The van der Waals surface area contributed by atoms with Crippen LogP contribution in [0.3, 0.4) is 0 Å². The Balaban J connectivity index is 0.000000248. The van der Waals surface area contributed by atoms with Crippen LogP contribution < -0.4 is 18.9 Å². The number of hydrogen-bond acceptors (Lipinski definition) is 8. The fraction of sp³-hybridized carbons (Fsp3) is 0.172. The van der Waals surface area contributed by atoms with Crippen LogP contribution in [-0.4, -0.2) is 33.7 Å². The molecule has 4 rings (SSSR count). The number of nitrogens with zero attached hydrogens (tertiary/aromatic N) is 2. The molecule has 16 heteroatoms. The molecule has 0 fully saturated rings. The van der Waals surface area contributed by atoms with Crippen LogP contribution in [0.15, 0.2) is 72.9 Å². The normalized spacial score (nSPS) is 11.5. The molecule has 0 aliphatic rings. The first-order valence-corrected chi connectivity index (χ1v) is 13.4. The van der Waals surface area contributed by atoms with Gasteiger partial charge in [0.2, 0.25) is 5.75 Å². The number of rotatable bonds is 10. The topological polar surface area (TPSA) is 130 Å². The third kappa shape index (κ3) is 10.1. The Morgan fingerprint density at radius 3 is 2.18 bits per heavy atom. The molecule has 0 saturated heterocycles. The molecule has 10 nitrogen and oxygen atoms in total. The quantitative estimate of drug-likeness (QED) is 0.0996. The lowest BCUT2D eigenvalue weighted by Gasteiger charge is -2.12. The van der Waals surface area contributed by atoms with Gasteiger partial charge >= 0.3 is 17.8 Å². The van der Waals surface area contributed by atoms with Gasteiger partial charge in [0.1, 0.15) is 23.0 Å². The summed E-state index contributed by atoms with van der Waals surface area (Å²) >= 11 is 11.4. The summed E-state index contributed by atoms with van der Waals surface area (Å²) in [4.78, 5) is 24.7. The Morgan fingerprint density at radius 1 is 0.978 bits per heavy atom. The molecule has 238 valence electrons. The summed E-state index contributed by atoms with van der Waals surface area (Å²) in [5.41, 5.74) is -1.15. The number of nitro groups is 1. The molecule has 1 aromatic heterocycles. The van der Waals surface area contributed by atoms with E-state index in [0.29, 0.717) is 11.5 Å². The molecule has 1 atom stereocenters. The average molecular weight is 673 g/mol. The highest BCUT2D eigenvalue weighted by Crippen LogP contribution is 2.38. The number of carboxylic acids is 1. The van der Waals surface area contributed by atoms with Crippen LogP contribution in [0, 0.1) is 15.9 Å². The van der Waals surface area contributed by atoms with Gasteiger partial charge in [0.05, 0.1) is 27.1 Å². The highest BCUT2D eigenvalue weighted by molar-refractivity contribution is 6.32. The number of hydrogen-bond donors (Lipinski definition) is 1. The summed E-state index contributed by atoms with van der Waals surface area (Å²) in [5, 5.41) is 19.6. The molecule has 0 radical (unpaired) electrons. The van der Waals surface area contributed by atoms with E-state index in [2.05, 4.69) is 4.98 Å². The number of nitro benzene ring substituents is 1. The molecule has 1 N–H and O–H groups in total. The zero-order valence-corrected chi connectivity index (χ0v) is 24.7. The van der Waals surface area contributed by atoms with Crippen molar-refractivity contribution in [3.63, 3.8) is 0 Å². The maximum Gasteiger partial charge on any atom is 0.416 e. The fourth-order valence-electron chi connectivity index (χ4n) is 3.30. The summed E-state index contributed by atoms with van der Waals surface area (Å²) in [6, 6.07) is 13.6. The van der Waals surface area contributed by atoms with Crippen LogP contribution in [0.25, 0.3) is 0 Å². The van der Waals surface area contributed by atoms with Gasteiger partial charge in [-0.2, -0.15) is 13.2 Å². The third-order valence-electron chi connectivity index (χ3n) is 5.39. The number of aliphatic carboxylic acids is 1. The fourth-order valence-corrected chi connectivity index (χ4v) is 3.66. The first kappa shape index (κ1) is 34.7. The van der Waals surface area contributed by atoms with Crippen LogP contribution >= 0.6 is 23.2 Å². The van der Waals surface area contributed by atoms with Gasteiger partial charge in [0.25, 0.3) is 5.88 Å². The highest BCUT2D eigenvalue weighted by atomic mass is 35.5. The number of aromatic nitrogens is 1. The monoisotopic (exact) mass is 672 g/mol. The summed E-state index contributed by atoms with van der Waals surface area (Å²) in [7, 11) is 0. The Hall–Kier alpha value is -4.82. The van der Waals surface area contributed by atoms with Crippen molar-refractivity contribution in [3.8, 4) is 34.6 Å². The van der Waals surface area contributed by atoms with Gasteiger partial charge in [-0.25, -0.2) is 14.2 Å². The molecule has 0 amide bonds. The second-order valence-electron chi connectivity index (χ2n) is 8.68. The van der Waals surface area contributed by atoms with Crippen molar-refractivity contribution in [3.05, 3.63) is 104 Å². The summed E-state index contributed by atoms with van der Waals surface area (Å²) in [6.45, 7) is 3.27. The third-order valence-corrected chi connectivity index (χ3v) is 5.89. The van der Waals surface area contributed by atoms with Crippen LogP contribution in [0.2, 0.25) is 10.0 Å². The lowest BCUT2D eigenvalue weighted by atomic mass is 10.2. The molecule has 0 saturated carbocycles. The smallest absolute Gasteiger partial charge is 0.416 e. The molecule has 1 heterocycles. The number of ether oxygens (including phenoxy) is 4. The van der Waals surface area contributed by atoms with E-state index >= 15 is 0 Å². The van der Waals surface area contributed by atoms with Crippen LogP contribution in [0.5, 0.6) is 34.6 Å². The van der Waals surface area contributed by atoms with Crippen molar-refractivity contribution in [1.29, 1.82) is 0 Å². The predicted molar refractivity (Wildman–Crippen MR) is 154 cm³/mol. The minimum atomic E-state index is -4.52. The standard InChI is InChI=1S/C15H11ClF3NO4.C14H11ClFNO4/c1-2-23-14-8-10(4-5-12(14)20(21)22)24-13-6-3-9(7-11(13)16)15(17,18)19;1-8(14(18)19)20-10-2-4-11(5-3-10)21-13-12(16)6-9(15)7-17-13/h3-8H,2H2,1H3;2-8H,1H3,(H,18,19)/t;8-/m.1/s1. The van der Waals surface area contributed by atoms with E-state index in [1.54, 1.807) is 6.92 Å². The van der Waals surface area contributed by atoms with Crippen molar-refractivity contribution < 1.29 is 51.3 Å². The van der Waals surface area contributed by atoms with E-state index in [-0.39, 0.29) is 45.5 Å². The first-order valence-electron chi connectivity index (χ1n) is 12.6. The van der Waals surface area contributed by atoms with Gasteiger partial charge in [0.15, 0.2) is 11.9 Å². The van der Waals surface area contributed by atoms with Crippen molar-refractivity contribution in [2.24, 2.45) is 0 Å². The lowest BCUT2D eigenvalue weighted by molar-refractivity contribution is -0.385. The maximum atomic E-state index is 13.5. The number of alkyl halides is 3. The van der Waals surface area contributed by atoms with E-state index in [9.17, 15) is 32.5 Å². The van der Waals surface area contributed by atoms with Crippen molar-refractivity contribution >= 4 is 34.9 Å². The number of benzene rings is 3. The molecular formula is C29H22Cl2F4N2O8. The summed E-state index contributed by atoms with van der Waals surface area (Å²) in [6.07, 6.45) is -4.21.